The van der Waals surface area contributed by atoms with Crippen molar-refractivity contribution in [2.45, 2.75) is 32.9 Å². The number of aliphatic imine (C=N–C) groups is 1. The summed E-state index contributed by atoms with van der Waals surface area (Å²) < 4.78 is 18.9. The fourth-order valence-corrected chi connectivity index (χ4v) is 2.85. The van der Waals surface area contributed by atoms with Crippen LogP contribution in [-0.2, 0) is 17.9 Å². The molecule has 0 radical (unpaired) electrons. The Labute approximate surface area is 200 Å². The van der Waals surface area contributed by atoms with Gasteiger partial charge in [0.25, 0.3) is 0 Å². The van der Waals surface area contributed by atoms with E-state index in [2.05, 4.69) is 20.9 Å². The first-order valence-electron chi connectivity index (χ1n) is 10.4. The highest BCUT2D eigenvalue weighted by Crippen LogP contribution is 2.28. The monoisotopic (exact) mass is 540 g/mol. The summed E-state index contributed by atoms with van der Waals surface area (Å²) in [4.78, 5) is 16.2. The van der Waals surface area contributed by atoms with Gasteiger partial charge in [-0.25, -0.2) is 9.38 Å². The highest BCUT2D eigenvalue weighted by atomic mass is 127. The van der Waals surface area contributed by atoms with Crippen molar-refractivity contribution in [3.05, 3.63) is 65.5 Å². The average molecular weight is 540 g/mol. The lowest BCUT2D eigenvalue weighted by Gasteiger charge is -2.12. The van der Waals surface area contributed by atoms with Gasteiger partial charge in [-0.05, 0) is 55.2 Å². The Morgan fingerprint density at radius 2 is 1.81 bits per heavy atom. The molecule has 1 fully saturated rings. The molecule has 2 aromatic carbocycles. The van der Waals surface area contributed by atoms with Crippen molar-refractivity contribution in [2.24, 2.45) is 10.9 Å². The lowest BCUT2D eigenvalue weighted by molar-refractivity contribution is -0.122. The Morgan fingerprint density at radius 3 is 2.48 bits per heavy atom. The summed E-state index contributed by atoms with van der Waals surface area (Å²) in [5.74, 6) is 1.55. The SMILES string of the molecule is CCNC(=NCc1ccc(OCc2cccc(F)c2)cc1)NCCNC(=O)C1CC1.I. The summed E-state index contributed by atoms with van der Waals surface area (Å²) in [6, 6.07) is 14.1. The summed E-state index contributed by atoms with van der Waals surface area (Å²) in [6.45, 7) is 4.81. The van der Waals surface area contributed by atoms with Crippen LogP contribution in [0.5, 0.6) is 5.75 Å². The van der Waals surface area contributed by atoms with Crippen LogP contribution >= 0.6 is 24.0 Å². The van der Waals surface area contributed by atoms with Gasteiger partial charge < -0.3 is 20.7 Å². The van der Waals surface area contributed by atoms with E-state index >= 15 is 0 Å². The molecule has 0 saturated heterocycles. The number of amides is 1. The van der Waals surface area contributed by atoms with Gasteiger partial charge in [-0.3, -0.25) is 4.79 Å². The second-order valence-corrected chi connectivity index (χ2v) is 7.25. The molecule has 1 aliphatic carbocycles. The number of benzene rings is 2. The quantitative estimate of drug-likeness (QED) is 0.186. The van der Waals surface area contributed by atoms with E-state index in [1.807, 2.05) is 37.3 Å². The maximum Gasteiger partial charge on any atom is 0.223 e. The summed E-state index contributed by atoms with van der Waals surface area (Å²) in [7, 11) is 0. The minimum atomic E-state index is -0.264. The number of hydrogen-bond acceptors (Lipinski definition) is 3. The van der Waals surface area contributed by atoms with Crippen LogP contribution in [0.25, 0.3) is 0 Å². The van der Waals surface area contributed by atoms with Gasteiger partial charge in [-0.1, -0.05) is 24.3 Å². The molecule has 0 unspecified atom stereocenters. The Hall–Kier alpha value is -2.36. The van der Waals surface area contributed by atoms with Gasteiger partial charge in [-0.2, -0.15) is 0 Å². The minimum Gasteiger partial charge on any atom is -0.489 e. The molecule has 0 aromatic heterocycles. The topological polar surface area (TPSA) is 74.8 Å². The molecule has 0 bridgehead atoms. The van der Waals surface area contributed by atoms with Crippen molar-refractivity contribution in [2.75, 3.05) is 19.6 Å². The van der Waals surface area contributed by atoms with E-state index in [0.29, 0.717) is 32.2 Å². The molecule has 168 valence electrons. The summed E-state index contributed by atoms with van der Waals surface area (Å²) >= 11 is 0. The summed E-state index contributed by atoms with van der Waals surface area (Å²) in [6.07, 6.45) is 2.02. The molecule has 1 aliphatic rings. The first-order valence-corrected chi connectivity index (χ1v) is 10.4. The van der Waals surface area contributed by atoms with Gasteiger partial charge in [-0.15, -0.1) is 24.0 Å². The van der Waals surface area contributed by atoms with Gasteiger partial charge in [0.2, 0.25) is 5.91 Å². The van der Waals surface area contributed by atoms with Crippen molar-refractivity contribution in [3.8, 4) is 5.75 Å². The molecule has 3 N–H and O–H groups in total. The molecule has 0 spiro atoms. The molecular formula is C23H30FIN4O2. The molecule has 31 heavy (non-hydrogen) atoms. The fourth-order valence-electron chi connectivity index (χ4n) is 2.85. The zero-order valence-corrected chi connectivity index (χ0v) is 20.0. The van der Waals surface area contributed by atoms with E-state index < -0.39 is 0 Å². The normalized spacial score (nSPS) is 13.2. The number of carbonyl (C=O) groups excluding carboxylic acids is 1. The number of nitrogens with one attached hydrogen (secondary N) is 3. The molecule has 2 aromatic rings. The van der Waals surface area contributed by atoms with Crippen LogP contribution in [0.4, 0.5) is 4.39 Å². The predicted molar refractivity (Wildman–Crippen MR) is 131 cm³/mol. The van der Waals surface area contributed by atoms with Gasteiger partial charge >= 0.3 is 0 Å². The third kappa shape index (κ3) is 9.12. The van der Waals surface area contributed by atoms with Crippen molar-refractivity contribution in [1.82, 2.24) is 16.0 Å². The lowest BCUT2D eigenvalue weighted by atomic mass is 10.2. The van der Waals surface area contributed by atoms with Gasteiger partial charge in [0.15, 0.2) is 5.96 Å². The smallest absolute Gasteiger partial charge is 0.223 e. The van der Waals surface area contributed by atoms with Crippen molar-refractivity contribution in [3.63, 3.8) is 0 Å². The van der Waals surface area contributed by atoms with Crippen LogP contribution in [0, 0.1) is 11.7 Å². The van der Waals surface area contributed by atoms with E-state index in [-0.39, 0.29) is 41.6 Å². The molecule has 8 heteroatoms. The Kier molecular flexibility index (Phi) is 10.6. The second kappa shape index (κ2) is 13.1. The Balaban J connectivity index is 0.00000341. The molecule has 6 nitrogen and oxygen atoms in total. The molecule has 0 heterocycles. The summed E-state index contributed by atoms with van der Waals surface area (Å²) in [5, 5.41) is 9.36. The van der Waals surface area contributed by atoms with E-state index in [1.54, 1.807) is 6.07 Å². The summed E-state index contributed by atoms with van der Waals surface area (Å²) in [5.41, 5.74) is 1.84. The highest BCUT2D eigenvalue weighted by molar-refractivity contribution is 14.0. The molecule has 1 saturated carbocycles. The number of guanidine groups is 1. The number of hydrogen-bond donors (Lipinski definition) is 3. The zero-order chi connectivity index (χ0) is 21.2. The van der Waals surface area contributed by atoms with E-state index in [1.165, 1.54) is 12.1 Å². The minimum absolute atomic E-state index is 0. The van der Waals surface area contributed by atoms with Crippen LogP contribution in [-0.4, -0.2) is 31.5 Å². The largest absolute Gasteiger partial charge is 0.489 e. The number of rotatable bonds is 10. The van der Waals surface area contributed by atoms with Crippen molar-refractivity contribution in [1.29, 1.82) is 0 Å². The first-order chi connectivity index (χ1) is 14.6. The van der Waals surface area contributed by atoms with Gasteiger partial charge in [0.05, 0.1) is 6.54 Å². The van der Waals surface area contributed by atoms with Gasteiger partial charge in [0, 0.05) is 25.6 Å². The van der Waals surface area contributed by atoms with Crippen LogP contribution < -0.4 is 20.7 Å². The van der Waals surface area contributed by atoms with Crippen LogP contribution in [0.15, 0.2) is 53.5 Å². The first kappa shape index (κ1) is 24.9. The van der Waals surface area contributed by atoms with Crippen LogP contribution in [0.1, 0.15) is 30.9 Å². The average Bonchev–Trinajstić information content (AvgIpc) is 3.60. The van der Waals surface area contributed by atoms with Gasteiger partial charge in [0.1, 0.15) is 18.2 Å². The molecule has 3 rings (SSSR count). The Bertz CT molecular complexity index is 857. The predicted octanol–water partition coefficient (Wildman–Crippen LogP) is 3.60. The van der Waals surface area contributed by atoms with E-state index in [4.69, 9.17) is 4.74 Å². The van der Waals surface area contributed by atoms with Crippen molar-refractivity contribution >= 4 is 35.8 Å². The fraction of sp³-hybridized carbons (Fsp3) is 0.391. The Morgan fingerprint density at radius 1 is 1.06 bits per heavy atom. The maximum atomic E-state index is 13.2. The van der Waals surface area contributed by atoms with Crippen molar-refractivity contribution < 1.29 is 13.9 Å². The number of carbonyl (C=O) groups is 1. The van der Waals surface area contributed by atoms with E-state index in [0.717, 1.165) is 36.3 Å². The number of ether oxygens (including phenoxy) is 1. The molecule has 0 aliphatic heterocycles. The number of nitrogens with zero attached hydrogens (tertiary/aromatic N) is 1. The molecular weight excluding hydrogens is 510 g/mol. The highest BCUT2D eigenvalue weighted by Gasteiger charge is 2.28. The maximum absolute atomic E-state index is 13.2. The third-order valence-corrected chi connectivity index (χ3v) is 4.65. The number of halogens is 2. The zero-order valence-electron chi connectivity index (χ0n) is 17.7. The lowest BCUT2D eigenvalue weighted by Crippen LogP contribution is -2.41. The third-order valence-electron chi connectivity index (χ3n) is 4.65. The molecule has 0 atom stereocenters. The van der Waals surface area contributed by atoms with Crippen LogP contribution in [0.3, 0.4) is 0 Å². The molecule has 1 amide bonds. The van der Waals surface area contributed by atoms with E-state index in [9.17, 15) is 9.18 Å². The standard InChI is InChI=1S/C23H29FN4O2.HI/c1-2-25-23(27-13-12-26-22(29)19-8-9-19)28-15-17-6-10-21(11-7-17)30-16-18-4-3-5-20(24)14-18;/h3-7,10-11,14,19H,2,8-9,12-13,15-16H2,1H3,(H,26,29)(H2,25,27,28);1H. The second-order valence-electron chi connectivity index (χ2n) is 7.25. The van der Waals surface area contributed by atoms with Crippen LogP contribution in [0.2, 0.25) is 0 Å².